The zero-order valence-electron chi connectivity index (χ0n) is 10.1. The maximum absolute atomic E-state index is 12.7. The molecule has 1 atom stereocenters. The first-order valence-electron chi connectivity index (χ1n) is 4.99. The van der Waals surface area contributed by atoms with E-state index in [0.29, 0.717) is 21.2 Å². The minimum absolute atomic E-state index is 0.400. The fourth-order valence-corrected chi connectivity index (χ4v) is 3.33. The van der Waals surface area contributed by atoms with Crippen LogP contribution in [0.2, 0.25) is 0 Å². The first kappa shape index (κ1) is 15.9. The lowest BCUT2D eigenvalue weighted by Gasteiger charge is -1.96. The maximum Gasteiger partial charge on any atom is 0.600 e. The van der Waals surface area contributed by atoms with E-state index < -0.39 is 26.1 Å². The van der Waals surface area contributed by atoms with Gasteiger partial charge in [-0.25, -0.2) is 8.42 Å². The number of fused-ring (bicyclic) bond motifs is 1. The SMILES string of the molecule is CS(=O)(=O)[O-].Cc1cc2ccccc2[s+]1C(F)(F)F. The number of thiophene rings is 1. The Morgan fingerprint density at radius 2 is 1.68 bits per heavy atom. The molecule has 1 aromatic heterocycles. The van der Waals surface area contributed by atoms with Crippen molar-refractivity contribution < 1.29 is 26.1 Å². The van der Waals surface area contributed by atoms with Crippen molar-refractivity contribution in [1.82, 2.24) is 0 Å². The molecular weight excluding hydrogens is 301 g/mol. The van der Waals surface area contributed by atoms with Crippen molar-refractivity contribution in [1.29, 1.82) is 0 Å². The van der Waals surface area contributed by atoms with Gasteiger partial charge in [-0.15, -0.1) is 13.2 Å². The molecule has 0 aliphatic rings. The molecule has 0 amide bonds. The highest BCUT2D eigenvalue weighted by atomic mass is 32.2. The Morgan fingerprint density at radius 1 is 1.21 bits per heavy atom. The summed E-state index contributed by atoms with van der Waals surface area (Å²) in [5.41, 5.74) is -4.15. The highest BCUT2D eigenvalue weighted by Gasteiger charge is 2.46. The molecule has 0 saturated heterocycles. The first-order chi connectivity index (χ1) is 8.50. The third-order valence-electron chi connectivity index (χ3n) is 2.05. The van der Waals surface area contributed by atoms with Crippen molar-refractivity contribution in [3.63, 3.8) is 0 Å². The summed E-state index contributed by atoms with van der Waals surface area (Å²) in [5, 5.41) is 0.700. The van der Waals surface area contributed by atoms with Crippen molar-refractivity contribution in [2.75, 3.05) is 6.26 Å². The molecule has 0 fully saturated rings. The van der Waals surface area contributed by atoms with Gasteiger partial charge in [0.25, 0.3) is 0 Å². The van der Waals surface area contributed by atoms with Crippen LogP contribution in [0.1, 0.15) is 4.88 Å². The molecule has 0 saturated carbocycles. The zero-order valence-corrected chi connectivity index (χ0v) is 11.7. The molecule has 19 heavy (non-hydrogen) atoms. The third-order valence-corrected chi connectivity index (χ3v) is 4.09. The van der Waals surface area contributed by atoms with Crippen LogP contribution in [0.5, 0.6) is 0 Å². The van der Waals surface area contributed by atoms with Gasteiger partial charge < -0.3 is 4.55 Å². The average molecular weight is 312 g/mol. The van der Waals surface area contributed by atoms with Crippen LogP contribution >= 0.6 is 10.5 Å². The smallest absolute Gasteiger partial charge is 0.600 e. The quantitative estimate of drug-likeness (QED) is 0.552. The Morgan fingerprint density at radius 3 is 2.16 bits per heavy atom. The van der Waals surface area contributed by atoms with E-state index in [1.165, 1.54) is 6.92 Å². The lowest BCUT2D eigenvalue weighted by atomic mass is 10.2. The maximum atomic E-state index is 12.7. The number of halogens is 3. The molecule has 1 aromatic carbocycles. The molecule has 0 bridgehead atoms. The molecule has 0 spiro atoms. The van der Waals surface area contributed by atoms with Gasteiger partial charge in [-0.05, 0) is 12.1 Å². The molecule has 1 unspecified atom stereocenters. The minimum Gasteiger partial charge on any atom is -0.748 e. The summed E-state index contributed by atoms with van der Waals surface area (Å²) in [4.78, 5) is 0.402. The molecule has 0 radical (unpaired) electrons. The molecule has 1 heterocycles. The van der Waals surface area contributed by atoms with E-state index in [2.05, 4.69) is 0 Å². The molecular formula is C11H11F3O3S2. The van der Waals surface area contributed by atoms with Crippen molar-refractivity contribution >= 4 is 30.7 Å². The van der Waals surface area contributed by atoms with E-state index in [4.69, 9.17) is 13.0 Å². The van der Waals surface area contributed by atoms with Gasteiger partial charge in [0, 0.05) is 24.6 Å². The number of aryl methyl sites for hydroxylation is 1. The summed E-state index contributed by atoms with van der Waals surface area (Å²) < 4.78 is 65.6. The number of hydrogen-bond acceptors (Lipinski definition) is 3. The van der Waals surface area contributed by atoms with Crippen LogP contribution in [-0.2, 0) is 15.6 Å². The van der Waals surface area contributed by atoms with Crippen LogP contribution in [0.4, 0.5) is 13.2 Å². The van der Waals surface area contributed by atoms with E-state index in [-0.39, 0.29) is 0 Å². The van der Waals surface area contributed by atoms with Crippen LogP contribution in [0, 0.1) is 6.92 Å². The summed E-state index contributed by atoms with van der Waals surface area (Å²) in [6, 6.07) is 8.30. The van der Waals surface area contributed by atoms with Crippen molar-refractivity contribution in [2.24, 2.45) is 0 Å². The van der Waals surface area contributed by atoms with Gasteiger partial charge in [-0.3, -0.25) is 0 Å². The number of hydrogen-bond donors (Lipinski definition) is 0. The molecule has 8 heteroatoms. The lowest BCUT2D eigenvalue weighted by Crippen LogP contribution is -1.95. The molecule has 0 aliphatic heterocycles. The highest BCUT2D eigenvalue weighted by molar-refractivity contribution is 7.84. The highest BCUT2D eigenvalue weighted by Crippen LogP contribution is 2.50. The molecule has 2 aromatic rings. The van der Waals surface area contributed by atoms with Gasteiger partial charge in [0.2, 0.25) is 0 Å². The molecule has 106 valence electrons. The second kappa shape index (κ2) is 5.48. The van der Waals surface area contributed by atoms with Crippen LogP contribution in [0.25, 0.3) is 10.1 Å². The van der Waals surface area contributed by atoms with E-state index in [9.17, 15) is 13.2 Å². The lowest BCUT2D eigenvalue weighted by molar-refractivity contribution is -0.0867. The van der Waals surface area contributed by atoms with Crippen LogP contribution in [0.15, 0.2) is 30.3 Å². The van der Waals surface area contributed by atoms with Gasteiger partial charge >= 0.3 is 5.51 Å². The van der Waals surface area contributed by atoms with Crippen molar-refractivity contribution in [3.05, 3.63) is 35.2 Å². The molecule has 0 aliphatic carbocycles. The predicted molar refractivity (Wildman–Crippen MR) is 68.1 cm³/mol. The van der Waals surface area contributed by atoms with Crippen LogP contribution < -0.4 is 0 Å². The molecule has 2 rings (SSSR count). The van der Waals surface area contributed by atoms with Crippen LogP contribution in [0.3, 0.4) is 0 Å². The average Bonchev–Trinajstić information content (AvgIpc) is 2.49. The fraction of sp³-hybridized carbons (Fsp3) is 0.273. The minimum atomic E-state index is -4.15. The van der Waals surface area contributed by atoms with E-state index in [0.717, 1.165) is 0 Å². The second-order valence-corrected chi connectivity index (χ2v) is 7.32. The second-order valence-electron chi connectivity index (χ2n) is 3.75. The standard InChI is InChI=1S/C10H8F3S.CH4O3S/c1-7-6-8-4-2-3-5-9(8)14(7)10(11,12)13;1-5(2,3)4/h2-6H,1H3;1H3,(H,2,3,4)/q+1;/p-1. The van der Waals surface area contributed by atoms with Gasteiger partial charge in [-0.1, -0.05) is 12.1 Å². The monoisotopic (exact) mass is 312 g/mol. The summed E-state index contributed by atoms with van der Waals surface area (Å²) >= 11 is 0. The van der Waals surface area contributed by atoms with Gasteiger partial charge in [0.15, 0.2) is 9.58 Å². The summed E-state index contributed by atoms with van der Waals surface area (Å²) in [6.07, 6.45) is 0.604. The predicted octanol–water partition coefficient (Wildman–Crippen LogP) is 3.54. The summed E-state index contributed by atoms with van der Waals surface area (Å²) in [5.74, 6) is 0. The van der Waals surface area contributed by atoms with Gasteiger partial charge in [0.1, 0.15) is 0 Å². The Hall–Kier alpha value is -1.12. The van der Waals surface area contributed by atoms with E-state index in [1.807, 2.05) is 0 Å². The summed E-state index contributed by atoms with van der Waals surface area (Å²) in [7, 11) is -5.62. The van der Waals surface area contributed by atoms with Crippen molar-refractivity contribution in [3.8, 4) is 0 Å². The normalized spacial score (nSPS) is 13.1. The molecule has 0 N–H and O–H groups in total. The zero-order chi connectivity index (χ0) is 14.8. The largest absolute Gasteiger partial charge is 0.748 e. The number of rotatable bonds is 0. The first-order valence-corrected chi connectivity index (χ1v) is 8.03. The summed E-state index contributed by atoms with van der Waals surface area (Å²) in [6.45, 7) is 1.54. The number of benzene rings is 1. The van der Waals surface area contributed by atoms with Gasteiger partial charge in [-0.2, -0.15) is 0 Å². The topological polar surface area (TPSA) is 57.2 Å². The van der Waals surface area contributed by atoms with Crippen molar-refractivity contribution in [2.45, 2.75) is 12.4 Å². The molecule has 3 nitrogen and oxygen atoms in total. The fourth-order valence-electron chi connectivity index (χ4n) is 1.54. The Bertz CT molecular complexity index is 664. The van der Waals surface area contributed by atoms with Gasteiger partial charge in [0.05, 0.1) is 20.6 Å². The van der Waals surface area contributed by atoms with Crippen LogP contribution in [-0.4, -0.2) is 19.2 Å². The van der Waals surface area contributed by atoms with E-state index >= 15 is 0 Å². The Kier molecular flexibility index (Phi) is 4.59. The Balaban J connectivity index is 0.000000312. The van der Waals surface area contributed by atoms with E-state index in [1.54, 1.807) is 30.3 Å². The Labute approximate surface area is 111 Å². The third kappa shape index (κ3) is 4.81. The number of alkyl halides is 3.